The van der Waals surface area contributed by atoms with Crippen LogP contribution in [0.5, 0.6) is 0 Å². The van der Waals surface area contributed by atoms with Crippen LogP contribution in [0.2, 0.25) is 0 Å². The van der Waals surface area contributed by atoms with Gasteiger partial charge in [-0.15, -0.1) is 0 Å². The molecule has 0 aromatic rings. The number of hydrogen-bond acceptors (Lipinski definition) is 3. The SMILES string of the molecule is CCCCCC/C=C/C(C)C(C(C)=O)C(=O)OCC. The minimum absolute atomic E-state index is 0.0947. The molecule has 0 fully saturated rings. The van der Waals surface area contributed by atoms with E-state index in [1.54, 1.807) is 6.92 Å². The van der Waals surface area contributed by atoms with E-state index in [0.29, 0.717) is 6.61 Å². The second-order valence-electron chi connectivity index (χ2n) is 4.98. The number of ketones is 1. The van der Waals surface area contributed by atoms with E-state index in [-0.39, 0.29) is 11.7 Å². The largest absolute Gasteiger partial charge is 0.465 e. The fraction of sp³-hybridized carbons (Fsp3) is 0.750. The Bertz CT molecular complexity index is 294. The van der Waals surface area contributed by atoms with E-state index in [0.717, 1.165) is 6.42 Å². The Morgan fingerprint density at radius 2 is 1.84 bits per heavy atom. The summed E-state index contributed by atoms with van der Waals surface area (Å²) in [4.78, 5) is 23.3. The van der Waals surface area contributed by atoms with Crippen LogP contribution in [0.25, 0.3) is 0 Å². The van der Waals surface area contributed by atoms with Crippen molar-refractivity contribution in [2.45, 2.75) is 59.8 Å². The van der Waals surface area contributed by atoms with Gasteiger partial charge >= 0.3 is 5.97 Å². The summed E-state index contributed by atoms with van der Waals surface area (Å²) in [7, 11) is 0. The van der Waals surface area contributed by atoms with Gasteiger partial charge in [-0.05, 0) is 32.6 Å². The maximum atomic E-state index is 11.7. The van der Waals surface area contributed by atoms with Crippen molar-refractivity contribution in [2.75, 3.05) is 6.61 Å². The fourth-order valence-corrected chi connectivity index (χ4v) is 2.09. The second-order valence-corrected chi connectivity index (χ2v) is 4.98. The van der Waals surface area contributed by atoms with Crippen LogP contribution in [0.1, 0.15) is 59.8 Å². The molecule has 19 heavy (non-hydrogen) atoms. The number of Topliss-reactive ketones (excluding diaryl/α,β-unsaturated/α-hetero) is 1. The molecule has 0 N–H and O–H groups in total. The predicted molar refractivity (Wildman–Crippen MR) is 77.9 cm³/mol. The highest BCUT2D eigenvalue weighted by Crippen LogP contribution is 2.17. The molecule has 0 bridgehead atoms. The van der Waals surface area contributed by atoms with Crippen molar-refractivity contribution in [2.24, 2.45) is 11.8 Å². The number of esters is 1. The van der Waals surface area contributed by atoms with Gasteiger partial charge in [-0.1, -0.05) is 45.3 Å². The Morgan fingerprint density at radius 3 is 2.37 bits per heavy atom. The minimum atomic E-state index is -0.660. The number of unbranched alkanes of at least 4 members (excludes halogenated alkanes) is 4. The number of carbonyl (C=O) groups is 2. The van der Waals surface area contributed by atoms with Gasteiger partial charge in [0, 0.05) is 0 Å². The summed E-state index contributed by atoms with van der Waals surface area (Å²) in [6.07, 6.45) is 9.96. The van der Waals surface area contributed by atoms with Crippen molar-refractivity contribution >= 4 is 11.8 Å². The molecule has 3 heteroatoms. The van der Waals surface area contributed by atoms with Gasteiger partial charge in [0.15, 0.2) is 0 Å². The van der Waals surface area contributed by atoms with Gasteiger partial charge in [-0.25, -0.2) is 0 Å². The van der Waals surface area contributed by atoms with E-state index in [2.05, 4.69) is 13.0 Å². The van der Waals surface area contributed by atoms with Crippen molar-refractivity contribution < 1.29 is 14.3 Å². The van der Waals surface area contributed by atoms with Crippen molar-refractivity contribution in [1.82, 2.24) is 0 Å². The lowest BCUT2D eigenvalue weighted by molar-refractivity contribution is -0.152. The van der Waals surface area contributed by atoms with Gasteiger partial charge in [0.1, 0.15) is 11.7 Å². The molecule has 0 heterocycles. The summed E-state index contributed by atoms with van der Waals surface area (Å²) in [5.74, 6) is -1.28. The molecular weight excluding hydrogens is 240 g/mol. The zero-order valence-corrected chi connectivity index (χ0v) is 12.8. The monoisotopic (exact) mass is 268 g/mol. The zero-order valence-electron chi connectivity index (χ0n) is 12.8. The number of carbonyl (C=O) groups excluding carboxylic acids is 2. The molecule has 0 aliphatic heterocycles. The highest BCUT2D eigenvalue weighted by atomic mass is 16.5. The molecule has 2 atom stereocenters. The Morgan fingerprint density at radius 1 is 1.16 bits per heavy atom. The number of rotatable bonds is 10. The maximum absolute atomic E-state index is 11.7. The third kappa shape index (κ3) is 7.81. The Hall–Kier alpha value is -1.12. The quantitative estimate of drug-likeness (QED) is 0.261. The van der Waals surface area contributed by atoms with Gasteiger partial charge in [0.25, 0.3) is 0 Å². The van der Waals surface area contributed by atoms with Crippen LogP contribution in [0.3, 0.4) is 0 Å². The summed E-state index contributed by atoms with van der Waals surface area (Å²) in [6.45, 7) is 7.60. The number of hydrogen-bond donors (Lipinski definition) is 0. The Labute approximate surface area is 117 Å². The predicted octanol–water partition coefficient (Wildman–Crippen LogP) is 3.92. The summed E-state index contributed by atoms with van der Waals surface area (Å²) in [5.41, 5.74) is 0. The highest BCUT2D eigenvalue weighted by Gasteiger charge is 2.29. The van der Waals surface area contributed by atoms with Crippen molar-refractivity contribution in [3.63, 3.8) is 0 Å². The van der Waals surface area contributed by atoms with Gasteiger partial charge in [-0.2, -0.15) is 0 Å². The average Bonchev–Trinajstić information content (AvgIpc) is 2.33. The van der Waals surface area contributed by atoms with E-state index in [9.17, 15) is 9.59 Å². The first kappa shape index (κ1) is 17.9. The molecule has 0 aliphatic rings. The molecule has 0 saturated carbocycles. The molecule has 3 nitrogen and oxygen atoms in total. The summed E-state index contributed by atoms with van der Waals surface area (Å²) in [6, 6.07) is 0. The third-order valence-electron chi connectivity index (χ3n) is 3.17. The van der Waals surface area contributed by atoms with Crippen molar-refractivity contribution in [3.05, 3.63) is 12.2 Å². The molecule has 0 rings (SSSR count). The molecule has 0 spiro atoms. The lowest BCUT2D eigenvalue weighted by Gasteiger charge is -2.16. The molecule has 0 aromatic carbocycles. The molecule has 0 aliphatic carbocycles. The minimum Gasteiger partial charge on any atom is -0.465 e. The van der Waals surface area contributed by atoms with E-state index < -0.39 is 11.9 Å². The van der Waals surface area contributed by atoms with E-state index in [1.807, 2.05) is 13.0 Å². The number of ether oxygens (including phenoxy) is 1. The first-order valence-corrected chi connectivity index (χ1v) is 7.38. The van der Waals surface area contributed by atoms with E-state index >= 15 is 0 Å². The van der Waals surface area contributed by atoms with Gasteiger partial charge < -0.3 is 4.74 Å². The van der Waals surface area contributed by atoms with Crippen molar-refractivity contribution in [3.8, 4) is 0 Å². The topological polar surface area (TPSA) is 43.4 Å². The standard InChI is InChI=1S/C16H28O3/c1-5-7-8-9-10-11-12-13(3)15(14(4)17)16(18)19-6-2/h11-13,15H,5-10H2,1-4H3/b12-11+. The lowest BCUT2D eigenvalue weighted by atomic mass is 9.90. The van der Waals surface area contributed by atoms with Gasteiger partial charge in [0.2, 0.25) is 0 Å². The molecule has 2 unspecified atom stereocenters. The van der Waals surface area contributed by atoms with Crippen molar-refractivity contribution in [1.29, 1.82) is 0 Å². The van der Waals surface area contributed by atoms with Crippen LogP contribution in [0.15, 0.2) is 12.2 Å². The normalized spacial score (nSPS) is 14.3. The van der Waals surface area contributed by atoms with Gasteiger partial charge in [0.05, 0.1) is 6.61 Å². The molecule has 0 saturated heterocycles. The third-order valence-corrected chi connectivity index (χ3v) is 3.17. The Balaban J connectivity index is 4.25. The molecule has 0 amide bonds. The van der Waals surface area contributed by atoms with Crippen LogP contribution in [0, 0.1) is 11.8 Å². The fourth-order valence-electron chi connectivity index (χ4n) is 2.09. The van der Waals surface area contributed by atoms with Crippen LogP contribution in [-0.4, -0.2) is 18.4 Å². The summed E-state index contributed by atoms with van der Waals surface area (Å²) >= 11 is 0. The highest BCUT2D eigenvalue weighted by molar-refractivity contribution is 5.98. The first-order chi connectivity index (χ1) is 9.04. The average molecular weight is 268 g/mol. The number of allylic oxidation sites excluding steroid dienone is 2. The van der Waals surface area contributed by atoms with Crippen LogP contribution in [-0.2, 0) is 14.3 Å². The van der Waals surface area contributed by atoms with Crippen LogP contribution >= 0.6 is 0 Å². The molecular formula is C16H28O3. The van der Waals surface area contributed by atoms with Crippen LogP contribution in [0.4, 0.5) is 0 Å². The van der Waals surface area contributed by atoms with E-state index in [1.165, 1.54) is 32.6 Å². The van der Waals surface area contributed by atoms with Gasteiger partial charge in [-0.3, -0.25) is 9.59 Å². The smallest absolute Gasteiger partial charge is 0.317 e. The summed E-state index contributed by atoms with van der Waals surface area (Å²) in [5, 5.41) is 0. The second kappa shape index (κ2) is 10.8. The summed E-state index contributed by atoms with van der Waals surface area (Å²) < 4.78 is 4.95. The zero-order chi connectivity index (χ0) is 14.7. The molecule has 0 aromatic heterocycles. The molecule has 110 valence electrons. The first-order valence-electron chi connectivity index (χ1n) is 7.38. The van der Waals surface area contributed by atoms with E-state index in [4.69, 9.17) is 4.74 Å². The Kier molecular flexibility index (Phi) is 10.1. The molecule has 0 radical (unpaired) electrons. The lowest BCUT2D eigenvalue weighted by Crippen LogP contribution is -2.29. The van der Waals surface area contributed by atoms with Crippen LogP contribution < -0.4 is 0 Å². The maximum Gasteiger partial charge on any atom is 0.317 e.